The molecule has 7 nitrogen and oxygen atoms in total. The van der Waals surface area contributed by atoms with Crippen LogP contribution >= 0.6 is 0 Å². The number of cyclic esters (lactones) is 1. The molecule has 1 unspecified atom stereocenters. The number of hydrogen-bond donors (Lipinski definition) is 0. The number of hydrogen-bond acceptors (Lipinski definition) is 6. The Morgan fingerprint density at radius 2 is 1.81 bits per heavy atom. The van der Waals surface area contributed by atoms with E-state index in [-0.39, 0.29) is 37.4 Å². The standard InChI is InChI=1S/C24H27NO6S/c1-18-9-11-21(12-10-18)32(28,29)25-13-14-31-23(27)24(22(26)30-3,15-19(2)17-25)16-20-7-5-4-6-8-20/h4-12H,2,13-17H2,1,3H3. The van der Waals surface area contributed by atoms with Gasteiger partial charge < -0.3 is 9.47 Å². The number of rotatable bonds is 5. The Bertz CT molecular complexity index is 1100. The smallest absolute Gasteiger partial charge is 0.324 e. The number of carbonyl (C=O) groups is 2. The maximum atomic E-state index is 13.2. The summed E-state index contributed by atoms with van der Waals surface area (Å²) in [6.45, 7) is 5.58. The van der Waals surface area contributed by atoms with E-state index in [1.807, 2.05) is 37.3 Å². The van der Waals surface area contributed by atoms with E-state index in [2.05, 4.69) is 6.58 Å². The third-order valence-electron chi connectivity index (χ3n) is 5.50. The molecule has 8 heteroatoms. The van der Waals surface area contributed by atoms with E-state index in [4.69, 9.17) is 9.47 Å². The average Bonchev–Trinajstić information content (AvgIpc) is 2.83. The molecule has 2 aromatic carbocycles. The summed E-state index contributed by atoms with van der Waals surface area (Å²) in [6, 6.07) is 15.6. The predicted octanol–water partition coefficient (Wildman–Crippen LogP) is 2.89. The van der Waals surface area contributed by atoms with Crippen LogP contribution in [-0.2, 0) is 35.5 Å². The highest BCUT2D eigenvalue weighted by molar-refractivity contribution is 7.89. The zero-order valence-electron chi connectivity index (χ0n) is 18.2. The SMILES string of the molecule is C=C1CN(S(=O)(=O)c2ccc(C)cc2)CCOC(=O)C(Cc2ccccc2)(C(=O)OC)C1. The van der Waals surface area contributed by atoms with Crippen molar-refractivity contribution < 1.29 is 27.5 Å². The van der Waals surface area contributed by atoms with E-state index in [1.54, 1.807) is 24.3 Å². The van der Waals surface area contributed by atoms with Crippen LogP contribution in [0.1, 0.15) is 17.5 Å². The monoisotopic (exact) mass is 457 g/mol. The zero-order valence-corrected chi connectivity index (χ0v) is 19.1. The van der Waals surface area contributed by atoms with Gasteiger partial charge in [-0.05, 0) is 37.5 Å². The van der Waals surface area contributed by atoms with Crippen LogP contribution in [0.25, 0.3) is 0 Å². The van der Waals surface area contributed by atoms with Gasteiger partial charge in [0.1, 0.15) is 6.61 Å². The van der Waals surface area contributed by atoms with Crippen molar-refractivity contribution in [3.63, 3.8) is 0 Å². The van der Waals surface area contributed by atoms with Crippen LogP contribution in [0.4, 0.5) is 0 Å². The predicted molar refractivity (Wildman–Crippen MR) is 119 cm³/mol. The lowest BCUT2D eigenvalue weighted by Gasteiger charge is -2.29. The molecule has 0 amide bonds. The molecule has 0 spiro atoms. The molecule has 0 saturated carbocycles. The van der Waals surface area contributed by atoms with Crippen LogP contribution in [-0.4, -0.2) is 51.5 Å². The number of carbonyl (C=O) groups excluding carboxylic acids is 2. The van der Waals surface area contributed by atoms with Crippen molar-refractivity contribution in [2.24, 2.45) is 5.41 Å². The minimum absolute atomic E-state index is 0.0413. The number of sulfonamides is 1. The molecule has 0 radical (unpaired) electrons. The Kier molecular flexibility index (Phi) is 7.16. The van der Waals surface area contributed by atoms with Crippen LogP contribution in [0.5, 0.6) is 0 Å². The van der Waals surface area contributed by atoms with Crippen molar-refractivity contribution in [1.82, 2.24) is 4.31 Å². The van der Waals surface area contributed by atoms with E-state index in [9.17, 15) is 18.0 Å². The van der Waals surface area contributed by atoms with E-state index in [0.717, 1.165) is 11.1 Å². The van der Waals surface area contributed by atoms with Gasteiger partial charge in [-0.15, -0.1) is 0 Å². The summed E-state index contributed by atoms with van der Waals surface area (Å²) < 4.78 is 38.0. The fraction of sp³-hybridized carbons (Fsp3) is 0.333. The number of esters is 2. The molecule has 32 heavy (non-hydrogen) atoms. The van der Waals surface area contributed by atoms with Gasteiger partial charge in [-0.1, -0.05) is 60.2 Å². The Morgan fingerprint density at radius 1 is 1.16 bits per heavy atom. The molecule has 1 atom stereocenters. The first-order valence-corrected chi connectivity index (χ1v) is 11.7. The molecular formula is C24H27NO6S. The van der Waals surface area contributed by atoms with Crippen molar-refractivity contribution in [2.45, 2.75) is 24.7 Å². The van der Waals surface area contributed by atoms with Gasteiger partial charge in [0.15, 0.2) is 5.41 Å². The summed E-state index contributed by atoms with van der Waals surface area (Å²) in [5.74, 6) is -1.48. The van der Waals surface area contributed by atoms with Crippen LogP contribution in [0.2, 0.25) is 0 Å². The lowest BCUT2D eigenvalue weighted by Crippen LogP contribution is -2.44. The normalized spacial score (nSPS) is 20.6. The first-order chi connectivity index (χ1) is 15.2. The average molecular weight is 458 g/mol. The van der Waals surface area contributed by atoms with Crippen molar-refractivity contribution in [2.75, 3.05) is 26.8 Å². The Labute approximate surface area is 188 Å². The maximum Gasteiger partial charge on any atom is 0.324 e. The van der Waals surface area contributed by atoms with Crippen LogP contribution < -0.4 is 0 Å². The van der Waals surface area contributed by atoms with Gasteiger partial charge in [0.05, 0.1) is 12.0 Å². The third-order valence-corrected chi connectivity index (χ3v) is 7.36. The molecule has 1 aliphatic heterocycles. The van der Waals surface area contributed by atoms with E-state index in [0.29, 0.717) is 5.57 Å². The Hall–Kier alpha value is -2.97. The quantitative estimate of drug-likeness (QED) is 0.390. The molecule has 2 aromatic rings. The van der Waals surface area contributed by atoms with Crippen LogP contribution in [0.15, 0.2) is 71.6 Å². The molecule has 0 N–H and O–H groups in total. The molecule has 1 saturated heterocycles. The number of nitrogens with zero attached hydrogens (tertiary/aromatic N) is 1. The van der Waals surface area contributed by atoms with Crippen molar-refractivity contribution in [3.05, 3.63) is 77.9 Å². The Balaban J connectivity index is 1.94. The number of methoxy groups -OCH3 is 1. The highest BCUT2D eigenvalue weighted by atomic mass is 32.2. The van der Waals surface area contributed by atoms with Gasteiger partial charge in [-0.3, -0.25) is 9.59 Å². The summed E-state index contributed by atoms with van der Waals surface area (Å²) in [5, 5.41) is 0. The number of aryl methyl sites for hydroxylation is 1. The lowest BCUT2D eigenvalue weighted by atomic mass is 9.76. The molecule has 1 fully saturated rings. The molecule has 170 valence electrons. The number of benzene rings is 2. The van der Waals surface area contributed by atoms with Gasteiger partial charge >= 0.3 is 11.9 Å². The summed E-state index contributed by atoms with van der Waals surface area (Å²) in [4.78, 5) is 26.1. The van der Waals surface area contributed by atoms with Gasteiger partial charge in [0.25, 0.3) is 0 Å². The van der Waals surface area contributed by atoms with Gasteiger partial charge in [-0.2, -0.15) is 4.31 Å². The van der Waals surface area contributed by atoms with Gasteiger partial charge in [-0.25, -0.2) is 8.42 Å². The summed E-state index contributed by atoms with van der Waals surface area (Å²) >= 11 is 0. The largest absolute Gasteiger partial charge is 0.468 e. The zero-order chi connectivity index (χ0) is 23.4. The topological polar surface area (TPSA) is 90.0 Å². The van der Waals surface area contributed by atoms with Crippen molar-refractivity contribution in [3.8, 4) is 0 Å². The fourth-order valence-electron chi connectivity index (χ4n) is 3.83. The molecular weight excluding hydrogens is 430 g/mol. The van der Waals surface area contributed by atoms with E-state index in [1.165, 1.54) is 11.4 Å². The second-order valence-corrected chi connectivity index (χ2v) is 9.89. The van der Waals surface area contributed by atoms with Crippen molar-refractivity contribution >= 4 is 22.0 Å². The molecule has 3 rings (SSSR count). The minimum atomic E-state index is -3.84. The number of ether oxygens (including phenoxy) is 2. The first kappa shape index (κ1) is 23.7. The summed E-state index contributed by atoms with van der Waals surface area (Å²) in [6.07, 6.45) is -0.0314. The second kappa shape index (κ2) is 9.67. The highest BCUT2D eigenvalue weighted by Gasteiger charge is 2.50. The highest BCUT2D eigenvalue weighted by Crippen LogP contribution is 2.35. The second-order valence-electron chi connectivity index (χ2n) is 7.95. The third kappa shape index (κ3) is 4.92. The van der Waals surface area contributed by atoms with E-state index < -0.39 is 27.4 Å². The molecule has 0 aromatic heterocycles. The Morgan fingerprint density at radius 3 is 2.44 bits per heavy atom. The molecule has 1 heterocycles. The minimum Gasteiger partial charge on any atom is -0.468 e. The summed E-state index contributed by atoms with van der Waals surface area (Å²) in [7, 11) is -2.63. The maximum absolute atomic E-state index is 13.2. The first-order valence-electron chi connectivity index (χ1n) is 10.2. The van der Waals surface area contributed by atoms with Crippen molar-refractivity contribution in [1.29, 1.82) is 0 Å². The van der Waals surface area contributed by atoms with Crippen LogP contribution in [0, 0.1) is 12.3 Å². The lowest BCUT2D eigenvalue weighted by molar-refractivity contribution is -0.170. The van der Waals surface area contributed by atoms with Gasteiger partial charge in [0, 0.05) is 13.1 Å². The fourth-order valence-corrected chi connectivity index (χ4v) is 5.27. The van der Waals surface area contributed by atoms with Gasteiger partial charge in [0.2, 0.25) is 10.0 Å². The molecule has 0 bridgehead atoms. The van der Waals surface area contributed by atoms with Crippen LogP contribution in [0.3, 0.4) is 0 Å². The molecule has 1 aliphatic rings. The van der Waals surface area contributed by atoms with E-state index >= 15 is 0 Å². The molecule has 0 aliphatic carbocycles. The summed E-state index contributed by atoms with van der Waals surface area (Å²) in [5.41, 5.74) is 0.471.